The molecular formula is C22H26N4O2. The van der Waals surface area contributed by atoms with Crippen LogP contribution in [0.2, 0.25) is 0 Å². The maximum absolute atomic E-state index is 12.9. The molecule has 2 aromatic heterocycles. The van der Waals surface area contributed by atoms with Crippen LogP contribution in [0.5, 0.6) is 0 Å². The van der Waals surface area contributed by atoms with E-state index in [4.69, 9.17) is 4.74 Å². The number of aromatic nitrogens is 2. The first kappa shape index (κ1) is 18.5. The Balaban J connectivity index is 1.42. The van der Waals surface area contributed by atoms with Crippen LogP contribution in [-0.2, 0) is 17.8 Å². The summed E-state index contributed by atoms with van der Waals surface area (Å²) in [6.45, 7) is 4.37. The number of H-pyrrole nitrogens is 1. The van der Waals surface area contributed by atoms with Gasteiger partial charge in [0, 0.05) is 37.1 Å². The number of amides is 2. The smallest absolute Gasteiger partial charge is 0.318 e. The molecule has 0 aliphatic carbocycles. The van der Waals surface area contributed by atoms with E-state index in [9.17, 15) is 4.79 Å². The van der Waals surface area contributed by atoms with Crippen molar-refractivity contribution in [2.45, 2.75) is 39.0 Å². The number of hydrogen-bond acceptors (Lipinski definition) is 3. The summed E-state index contributed by atoms with van der Waals surface area (Å²) in [6.07, 6.45) is 3.91. The molecule has 0 saturated carbocycles. The van der Waals surface area contributed by atoms with Gasteiger partial charge in [-0.3, -0.25) is 4.98 Å². The van der Waals surface area contributed by atoms with E-state index in [1.54, 1.807) is 11.1 Å². The minimum Gasteiger partial charge on any atom is -0.376 e. The van der Waals surface area contributed by atoms with Crippen LogP contribution in [0.15, 0.2) is 48.7 Å². The number of rotatable bonds is 6. The van der Waals surface area contributed by atoms with E-state index in [1.807, 2.05) is 31.2 Å². The van der Waals surface area contributed by atoms with Crippen molar-refractivity contribution in [3.63, 3.8) is 0 Å². The predicted molar refractivity (Wildman–Crippen MR) is 109 cm³/mol. The third-order valence-corrected chi connectivity index (χ3v) is 5.08. The van der Waals surface area contributed by atoms with E-state index < -0.39 is 0 Å². The third-order valence-electron chi connectivity index (χ3n) is 5.08. The van der Waals surface area contributed by atoms with Gasteiger partial charge in [-0.25, -0.2) is 4.79 Å². The van der Waals surface area contributed by atoms with E-state index >= 15 is 0 Å². The Bertz CT molecular complexity index is 932. The molecular weight excluding hydrogens is 352 g/mol. The zero-order chi connectivity index (χ0) is 19.3. The van der Waals surface area contributed by atoms with E-state index in [2.05, 4.69) is 33.5 Å². The van der Waals surface area contributed by atoms with Crippen LogP contribution in [0.1, 0.15) is 29.8 Å². The number of pyridine rings is 1. The first-order chi connectivity index (χ1) is 13.7. The van der Waals surface area contributed by atoms with Crippen LogP contribution in [0, 0.1) is 6.92 Å². The Morgan fingerprint density at radius 2 is 2.25 bits per heavy atom. The molecule has 0 unspecified atom stereocenters. The molecule has 3 aromatic rings. The van der Waals surface area contributed by atoms with E-state index in [-0.39, 0.29) is 12.1 Å². The summed E-state index contributed by atoms with van der Waals surface area (Å²) in [5.74, 6) is 0. The summed E-state index contributed by atoms with van der Waals surface area (Å²) in [5.41, 5.74) is 4.20. The zero-order valence-corrected chi connectivity index (χ0v) is 16.1. The van der Waals surface area contributed by atoms with Gasteiger partial charge in [0.25, 0.3) is 0 Å². The fourth-order valence-corrected chi connectivity index (χ4v) is 3.67. The van der Waals surface area contributed by atoms with Crippen molar-refractivity contribution in [2.75, 3.05) is 13.2 Å². The molecule has 2 N–H and O–H groups in total. The van der Waals surface area contributed by atoms with E-state index in [0.717, 1.165) is 47.3 Å². The molecule has 1 aromatic carbocycles. The summed E-state index contributed by atoms with van der Waals surface area (Å²) in [6, 6.07) is 14.0. The van der Waals surface area contributed by atoms with Crippen molar-refractivity contribution in [2.24, 2.45) is 0 Å². The number of hydrogen-bond donors (Lipinski definition) is 2. The number of aromatic amines is 1. The Hall–Kier alpha value is -2.86. The van der Waals surface area contributed by atoms with E-state index in [1.165, 1.54) is 0 Å². The minimum absolute atomic E-state index is 0.0912. The molecule has 2 amide bonds. The van der Waals surface area contributed by atoms with Gasteiger partial charge in [0.2, 0.25) is 0 Å². The number of ether oxygens (including phenoxy) is 1. The van der Waals surface area contributed by atoms with Crippen LogP contribution in [0.3, 0.4) is 0 Å². The summed E-state index contributed by atoms with van der Waals surface area (Å²) >= 11 is 0. The first-order valence-corrected chi connectivity index (χ1v) is 9.80. The highest BCUT2D eigenvalue weighted by Crippen LogP contribution is 2.18. The Morgan fingerprint density at radius 1 is 1.32 bits per heavy atom. The molecule has 1 fully saturated rings. The van der Waals surface area contributed by atoms with Gasteiger partial charge in [0.05, 0.1) is 18.3 Å². The van der Waals surface area contributed by atoms with E-state index in [0.29, 0.717) is 19.6 Å². The largest absolute Gasteiger partial charge is 0.376 e. The zero-order valence-electron chi connectivity index (χ0n) is 16.1. The Morgan fingerprint density at radius 3 is 3.04 bits per heavy atom. The highest BCUT2D eigenvalue weighted by Gasteiger charge is 2.23. The van der Waals surface area contributed by atoms with Crippen molar-refractivity contribution in [3.05, 3.63) is 65.6 Å². The predicted octanol–water partition coefficient (Wildman–Crippen LogP) is 3.76. The molecule has 1 atom stereocenters. The number of nitrogens with zero attached hydrogens (tertiary/aromatic N) is 2. The lowest BCUT2D eigenvalue weighted by Crippen LogP contribution is -2.43. The van der Waals surface area contributed by atoms with Gasteiger partial charge in [-0.05, 0) is 61.0 Å². The maximum atomic E-state index is 12.9. The number of urea groups is 1. The molecule has 28 heavy (non-hydrogen) atoms. The lowest BCUT2D eigenvalue weighted by Gasteiger charge is -2.25. The standard InChI is InChI=1S/C22H26N4O2/c1-16-11-18-12-17(7-8-21(18)25-16)13-24-22(27)26(15-20-6-4-10-28-20)14-19-5-2-3-9-23-19/h2-3,5,7-9,11-12,20,25H,4,6,10,13-15H2,1H3,(H,24,27)/t20-/m0/s1. The highest BCUT2D eigenvalue weighted by molar-refractivity contribution is 5.81. The van der Waals surface area contributed by atoms with Gasteiger partial charge >= 0.3 is 6.03 Å². The van der Waals surface area contributed by atoms with Crippen LogP contribution in [0.25, 0.3) is 10.9 Å². The molecule has 0 bridgehead atoms. The van der Waals surface area contributed by atoms with Crippen LogP contribution in [0.4, 0.5) is 4.79 Å². The van der Waals surface area contributed by atoms with Gasteiger partial charge in [0.15, 0.2) is 0 Å². The molecule has 1 saturated heterocycles. The van der Waals surface area contributed by atoms with Gasteiger partial charge in [-0.1, -0.05) is 12.1 Å². The molecule has 0 spiro atoms. The SMILES string of the molecule is Cc1cc2cc(CNC(=O)N(Cc3ccccn3)C[C@@H]3CCCO3)ccc2[nH]1. The number of carbonyl (C=O) groups is 1. The average Bonchev–Trinajstić information content (AvgIpc) is 3.34. The molecule has 3 heterocycles. The fraction of sp³-hybridized carbons (Fsp3) is 0.364. The second kappa shape index (κ2) is 8.44. The topological polar surface area (TPSA) is 70.2 Å². The maximum Gasteiger partial charge on any atom is 0.318 e. The Kier molecular flexibility index (Phi) is 5.58. The molecule has 146 valence electrons. The number of aryl methyl sites for hydroxylation is 1. The second-order valence-electron chi connectivity index (χ2n) is 7.37. The van der Waals surface area contributed by atoms with Crippen molar-refractivity contribution in [1.82, 2.24) is 20.2 Å². The molecule has 1 aliphatic heterocycles. The van der Waals surface area contributed by atoms with Crippen LogP contribution < -0.4 is 5.32 Å². The quantitative estimate of drug-likeness (QED) is 0.686. The Labute approximate surface area is 164 Å². The number of nitrogens with one attached hydrogen (secondary N) is 2. The molecule has 1 aliphatic rings. The fourth-order valence-electron chi connectivity index (χ4n) is 3.67. The lowest BCUT2D eigenvalue weighted by molar-refractivity contribution is 0.0791. The third kappa shape index (κ3) is 4.51. The van der Waals surface area contributed by atoms with Crippen molar-refractivity contribution in [3.8, 4) is 0 Å². The van der Waals surface area contributed by atoms with Crippen LogP contribution >= 0.6 is 0 Å². The first-order valence-electron chi connectivity index (χ1n) is 9.80. The minimum atomic E-state index is -0.0912. The lowest BCUT2D eigenvalue weighted by atomic mass is 10.1. The van der Waals surface area contributed by atoms with Crippen molar-refractivity contribution >= 4 is 16.9 Å². The highest BCUT2D eigenvalue weighted by atomic mass is 16.5. The summed E-state index contributed by atoms with van der Waals surface area (Å²) in [5, 5.41) is 4.22. The molecule has 0 radical (unpaired) electrons. The molecule has 6 heteroatoms. The van der Waals surface area contributed by atoms with Gasteiger partial charge in [-0.15, -0.1) is 0 Å². The number of benzene rings is 1. The molecule has 6 nitrogen and oxygen atoms in total. The van der Waals surface area contributed by atoms with Gasteiger partial charge in [-0.2, -0.15) is 0 Å². The van der Waals surface area contributed by atoms with Gasteiger partial charge < -0.3 is 19.9 Å². The molecule has 4 rings (SSSR count). The average molecular weight is 378 g/mol. The van der Waals surface area contributed by atoms with Crippen molar-refractivity contribution < 1.29 is 9.53 Å². The summed E-state index contributed by atoms with van der Waals surface area (Å²) < 4.78 is 5.74. The van der Waals surface area contributed by atoms with Gasteiger partial charge in [0.1, 0.15) is 0 Å². The van der Waals surface area contributed by atoms with Crippen molar-refractivity contribution in [1.29, 1.82) is 0 Å². The van der Waals surface area contributed by atoms with Crippen LogP contribution in [-0.4, -0.2) is 40.2 Å². The summed E-state index contributed by atoms with van der Waals surface area (Å²) in [7, 11) is 0. The second-order valence-corrected chi connectivity index (χ2v) is 7.37. The number of carbonyl (C=O) groups excluding carboxylic acids is 1. The number of fused-ring (bicyclic) bond motifs is 1. The summed E-state index contributed by atoms with van der Waals surface area (Å²) in [4.78, 5) is 22.4. The normalized spacial score (nSPS) is 16.4. The monoisotopic (exact) mass is 378 g/mol.